The maximum absolute atomic E-state index is 10.4. The second kappa shape index (κ2) is 13.8. The van der Waals surface area contributed by atoms with E-state index in [-0.39, 0.29) is 37.0 Å². The molecule has 2 atom stereocenters. The lowest BCUT2D eigenvalue weighted by Crippen LogP contribution is -2.37. The molecule has 10 heteroatoms. The molecule has 1 N–H and O–H groups in total. The molecule has 0 saturated heterocycles. The first-order valence-electron chi connectivity index (χ1n) is 13.2. The smallest absolute Gasteiger partial charge is 0.124 e. The molecule has 0 aliphatic rings. The van der Waals surface area contributed by atoms with Crippen LogP contribution in [0.3, 0.4) is 0 Å². The Labute approximate surface area is 242 Å². The largest absolute Gasteiger partial charge is 0.497 e. The molecule has 0 bridgehead atoms. The minimum absolute atomic E-state index is 0. The Morgan fingerprint density at radius 1 is 0.900 bits per heavy atom. The molecule has 9 nitrogen and oxygen atoms in total. The van der Waals surface area contributed by atoms with Crippen molar-refractivity contribution in [2.75, 3.05) is 32.3 Å². The predicted molar refractivity (Wildman–Crippen MR) is 161 cm³/mol. The summed E-state index contributed by atoms with van der Waals surface area (Å²) in [5, 5.41) is 14.7. The Kier molecular flexibility index (Phi) is 10.7. The lowest BCUT2D eigenvalue weighted by Gasteiger charge is -2.32. The van der Waals surface area contributed by atoms with Crippen molar-refractivity contribution in [3.05, 3.63) is 55.0 Å². The standard InChI is InChI=1S/C30H39N5O4.ClH/c1-19(2)29(36)18-39-30(20(3)4)17-35(23-10-24(37-6)13-25(11-23)38-7)22-8-9-26-27(12-22)33-28(15-31-26)21-14-32-34(5)16-21;/h8-16,19-20,29-30,36H,17-18H2,1-7H3;1H. The molecule has 0 aliphatic heterocycles. The number of nitrogens with zero attached hydrogens (tertiary/aromatic N) is 5. The molecule has 0 spiro atoms. The third-order valence-corrected chi connectivity index (χ3v) is 6.84. The third-order valence-electron chi connectivity index (χ3n) is 6.84. The number of benzene rings is 2. The average molecular weight is 570 g/mol. The minimum atomic E-state index is -0.529. The minimum Gasteiger partial charge on any atom is -0.497 e. The number of aliphatic hydroxyl groups is 1. The van der Waals surface area contributed by atoms with Gasteiger partial charge in [-0.15, -0.1) is 12.4 Å². The fourth-order valence-corrected chi connectivity index (χ4v) is 4.22. The molecule has 4 rings (SSSR count). The maximum Gasteiger partial charge on any atom is 0.124 e. The van der Waals surface area contributed by atoms with Gasteiger partial charge in [0.1, 0.15) is 11.5 Å². The summed E-state index contributed by atoms with van der Waals surface area (Å²) in [6.45, 7) is 9.05. The van der Waals surface area contributed by atoms with Crippen LogP contribution in [0.15, 0.2) is 55.0 Å². The number of anilines is 2. The summed E-state index contributed by atoms with van der Waals surface area (Å²) < 4.78 is 19.2. The molecule has 4 aromatic rings. The highest BCUT2D eigenvalue weighted by atomic mass is 35.5. The summed E-state index contributed by atoms with van der Waals surface area (Å²) in [4.78, 5) is 11.7. The topological polar surface area (TPSA) is 94.8 Å². The zero-order valence-electron chi connectivity index (χ0n) is 24.2. The van der Waals surface area contributed by atoms with Gasteiger partial charge in [0, 0.05) is 54.9 Å². The zero-order chi connectivity index (χ0) is 28.1. The van der Waals surface area contributed by atoms with Gasteiger partial charge in [-0.05, 0) is 30.0 Å². The zero-order valence-corrected chi connectivity index (χ0v) is 25.1. The van der Waals surface area contributed by atoms with Crippen molar-refractivity contribution in [3.63, 3.8) is 0 Å². The van der Waals surface area contributed by atoms with E-state index in [9.17, 15) is 5.11 Å². The van der Waals surface area contributed by atoms with Crippen LogP contribution in [-0.4, -0.2) is 64.4 Å². The van der Waals surface area contributed by atoms with Crippen molar-refractivity contribution < 1.29 is 19.3 Å². The lowest BCUT2D eigenvalue weighted by molar-refractivity contribution is -0.0379. The fraction of sp³-hybridized carbons (Fsp3) is 0.433. The van der Waals surface area contributed by atoms with Crippen LogP contribution in [0.2, 0.25) is 0 Å². The van der Waals surface area contributed by atoms with Gasteiger partial charge < -0.3 is 24.2 Å². The van der Waals surface area contributed by atoms with Gasteiger partial charge in [0.25, 0.3) is 0 Å². The van der Waals surface area contributed by atoms with Crippen molar-refractivity contribution in [3.8, 4) is 22.8 Å². The van der Waals surface area contributed by atoms with Crippen LogP contribution < -0.4 is 14.4 Å². The van der Waals surface area contributed by atoms with E-state index in [1.54, 1.807) is 31.3 Å². The summed E-state index contributed by atoms with van der Waals surface area (Å²) in [5.41, 5.74) is 5.05. The summed E-state index contributed by atoms with van der Waals surface area (Å²) >= 11 is 0. The number of ether oxygens (including phenoxy) is 3. The molecule has 2 unspecified atom stereocenters. The van der Waals surface area contributed by atoms with Gasteiger partial charge in [-0.1, -0.05) is 27.7 Å². The number of rotatable bonds is 12. The molecule has 0 amide bonds. The summed E-state index contributed by atoms with van der Waals surface area (Å²) in [6, 6.07) is 11.9. The molecular weight excluding hydrogens is 530 g/mol. The van der Waals surface area contributed by atoms with Crippen molar-refractivity contribution in [2.24, 2.45) is 18.9 Å². The number of halogens is 1. The monoisotopic (exact) mass is 569 g/mol. The number of methoxy groups -OCH3 is 2. The normalized spacial score (nSPS) is 12.8. The number of aliphatic hydroxyl groups excluding tert-OH is 1. The number of aryl methyl sites for hydroxylation is 1. The predicted octanol–water partition coefficient (Wildman–Crippen LogP) is 5.67. The van der Waals surface area contributed by atoms with Gasteiger partial charge in [0.05, 0.1) is 62.2 Å². The van der Waals surface area contributed by atoms with Gasteiger partial charge >= 0.3 is 0 Å². The molecule has 40 heavy (non-hydrogen) atoms. The highest BCUT2D eigenvalue weighted by molar-refractivity contribution is 5.85. The highest BCUT2D eigenvalue weighted by Gasteiger charge is 2.23. The van der Waals surface area contributed by atoms with Crippen LogP contribution >= 0.6 is 12.4 Å². The highest BCUT2D eigenvalue weighted by Crippen LogP contribution is 2.35. The molecule has 0 fully saturated rings. The van der Waals surface area contributed by atoms with E-state index in [1.165, 1.54) is 0 Å². The van der Waals surface area contributed by atoms with E-state index < -0.39 is 6.10 Å². The third kappa shape index (κ3) is 7.41. The number of aromatic nitrogens is 4. The average Bonchev–Trinajstić information content (AvgIpc) is 3.37. The molecule has 216 valence electrons. The molecule has 0 aliphatic carbocycles. The Hall–Kier alpha value is -3.40. The van der Waals surface area contributed by atoms with Crippen molar-refractivity contribution in [2.45, 2.75) is 39.9 Å². The first kappa shape index (κ1) is 31.1. The van der Waals surface area contributed by atoms with Gasteiger partial charge in [-0.25, -0.2) is 4.98 Å². The first-order chi connectivity index (χ1) is 18.7. The molecule has 2 heterocycles. The Bertz CT molecular complexity index is 1370. The number of hydrogen-bond acceptors (Lipinski definition) is 8. The maximum atomic E-state index is 10.4. The van der Waals surface area contributed by atoms with E-state index in [2.05, 4.69) is 28.8 Å². The molecule has 2 aromatic heterocycles. The van der Waals surface area contributed by atoms with Gasteiger partial charge in [0.2, 0.25) is 0 Å². The fourth-order valence-electron chi connectivity index (χ4n) is 4.22. The quantitative estimate of drug-likeness (QED) is 0.233. The van der Waals surface area contributed by atoms with Gasteiger partial charge in [-0.3, -0.25) is 9.67 Å². The molecule has 2 aromatic carbocycles. The van der Waals surface area contributed by atoms with E-state index >= 15 is 0 Å². The summed E-state index contributed by atoms with van der Waals surface area (Å²) in [5.74, 6) is 1.69. The number of fused-ring (bicyclic) bond motifs is 1. The van der Waals surface area contributed by atoms with E-state index in [0.717, 1.165) is 33.7 Å². The Morgan fingerprint density at radius 3 is 2.17 bits per heavy atom. The second-order valence-electron chi connectivity index (χ2n) is 10.4. The van der Waals surface area contributed by atoms with Crippen molar-refractivity contribution in [1.82, 2.24) is 19.7 Å². The molecule has 0 saturated carbocycles. The second-order valence-corrected chi connectivity index (χ2v) is 10.4. The van der Waals surface area contributed by atoms with Crippen molar-refractivity contribution in [1.29, 1.82) is 0 Å². The van der Waals surface area contributed by atoms with E-state index in [0.29, 0.717) is 18.0 Å². The summed E-state index contributed by atoms with van der Waals surface area (Å²) in [6.07, 6.45) is 4.79. The van der Waals surface area contributed by atoms with Crippen LogP contribution in [0.4, 0.5) is 11.4 Å². The van der Waals surface area contributed by atoms with Gasteiger partial charge in [0.15, 0.2) is 0 Å². The number of hydrogen-bond donors (Lipinski definition) is 1. The molecular formula is C30H40ClN5O4. The van der Waals surface area contributed by atoms with Crippen molar-refractivity contribution >= 4 is 34.8 Å². The van der Waals surface area contributed by atoms with Crippen LogP contribution in [-0.2, 0) is 11.8 Å². The molecule has 0 radical (unpaired) electrons. The van der Waals surface area contributed by atoms with Crippen LogP contribution in [0.5, 0.6) is 11.5 Å². The van der Waals surface area contributed by atoms with Crippen LogP contribution in [0.25, 0.3) is 22.3 Å². The van der Waals surface area contributed by atoms with Crippen LogP contribution in [0, 0.1) is 11.8 Å². The SMILES string of the molecule is COc1cc(OC)cc(N(CC(OCC(O)C(C)C)C(C)C)c2ccc3ncc(-c4cnn(C)c4)nc3c2)c1.Cl. The lowest BCUT2D eigenvalue weighted by atomic mass is 10.0. The van der Waals surface area contributed by atoms with E-state index in [1.807, 2.05) is 63.5 Å². The van der Waals surface area contributed by atoms with Gasteiger partial charge in [-0.2, -0.15) is 5.10 Å². The Morgan fingerprint density at radius 2 is 1.60 bits per heavy atom. The summed E-state index contributed by atoms with van der Waals surface area (Å²) in [7, 11) is 5.16. The van der Waals surface area contributed by atoms with E-state index in [4.69, 9.17) is 19.2 Å². The van der Waals surface area contributed by atoms with Crippen LogP contribution in [0.1, 0.15) is 27.7 Å². The first-order valence-corrected chi connectivity index (χ1v) is 13.2. The Balaban J connectivity index is 0.00000441.